The number of hydrogen-bond acceptors (Lipinski definition) is 3. The number of carbonyl (C=O) groups is 1. The summed E-state index contributed by atoms with van der Waals surface area (Å²) in [7, 11) is 4.20. The topological polar surface area (TPSA) is 44.4 Å². The van der Waals surface area contributed by atoms with E-state index in [4.69, 9.17) is 0 Å². The monoisotopic (exact) mass is 269 g/mol. The highest BCUT2D eigenvalue weighted by molar-refractivity contribution is 5.76. The second-order valence-corrected chi connectivity index (χ2v) is 5.89. The summed E-state index contributed by atoms with van der Waals surface area (Å²) in [5.41, 5.74) is 0. The maximum Gasteiger partial charge on any atom is 0.221 e. The second-order valence-electron chi connectivity index (χ2n) is 5.89. The summed E-state index contributed by atoms with van der Waals surface area (Å²) in [6.07, 6.45) is 5.48. The molecule has 1 saturated carbocycles. The van der Waals surface area contributed by atoms with E-state index in [0.717, 1.165) is 13.1 Å². The molecule has 4 nitrogen and oxygen atoms in total. The minimum Gasteiger partial charge on any atom is -0.354 e. The van der Waals surface area contributed by atoms with Crippen molar-refractivity contribution in [2.45, 2.75) is 58.0 Å². The zero-order chi connectivity index (χ0) is 14.3. The molecule has 2 N–H and O–H groups in total. The van der Waals surface area contributed by atoms with Gasteiger partial charge in [-0.15, -0.1) is 0 Å². The smallest absolute Gasteiger partial charge is 0.221 e. The van der Waals surface area contributed by atoms with Crippen LogP contribution in [0.25, 0.3) is 0 Å². The number of carbonyl (C=O) groups excluding carboxylic acids is 1. The number of nitrogens with zero attached hydrogens (tertiary/aromatic N) is 1. The lowest BCUT2D eigenvalue weighted by Gasteiger charge is -2.31. The summed E-state index contributed by atoms with van der Waals surface area (Å²) in [6, 6.07) is 1.13. The maximum atomic E-state index is 11.8. The van der Waals surface area contributed by atoms with Crippen LogP contribution in [0.1, 0.15) is 46.0 Å². The Morgan fingerprint density at radius 2 is 1.89 bits per heavy atom. The fraction of sp³-hybridized carbons (Fsp3) is 0.933. The molecule has 1 atom stereocenters. The first-order valence-corrected chi connectivity index (χ1v) is 7.74. The Hall–Kier alpha value is -0.610. The molecule has 0 saturated heterocycles. The Morgan fingerprint density at radius 3 is 2.37 bits per heavy atom. The third-order valence-corrected chi connectivity index (χ3v) is 4.13. The van der Waals surface area contributed by atoms with Gasteiger partial charge in [0.15, 0.2) is 0 Å². The van der Waals surface area contributed by atoms with Crippen molar-refractivity contribution in [2.75, 3.05) is 27.2 Å². The van der Waals surface area contributed by atoms with Gasteiger partial charge in [-0.3, -0.25) is 4.79 Å². The Morgan fingerprint density at radius 1 is 1.26 bits per heavy atom. The number of likely N-dealkylation sites (N-methyl/N-ethyl adjacent to an activating group) is 1. The van der Waals surface area contributed by atoms with Gasteiger partial charge < -0.3 is 15.5 Å². The van der Waals surface area contributed by atoms with Crippen LogP contribution < -0.4 is 10.6 Å². The molecule has 1 aliphatic carbocycles. The lowest BCUT2D eigenvalue weighted by molar-refractivity contribution is -0.121. The number of rotatable bonds is 10. The fourth-order valence-electron chi connectivity index (χ4n) is 2.59. The first-order chi connectivity index (χ1) is 9.08. The zero-order valence-corrected chi connectivity index (χ0v) is 13.0. The van der Waals surface area contributed by atoms with E-state index in [9.17, 15) is 4.79 Å². The van der Waals surface area contributed by atoms with E-state index in [-0.39, 0.29) is 5.91 Å². The maximum absolute atomic E-state index is 11.8. The molecule has 0 heterocycles. The molecule has 1 fully saturated rings. The predicted molar refractivity (Wildman–Crippen MR) is 80.2 cm³/mol. The quantitative estimate of drug-likeness (QED) is 0.633. The van der Waals surface area contributed by atoms with Gasteiger partial charge in [-0.2, -0.15) is 0 Å². The first-order valence-electron chi connectivity index (χ1n) is 7.74. The predicted octanol–water partition coefficient (Wildman–Crippen LogP) is 1.61. The highest BCUT2D eigenvalue weighted by Gasteiger charge is 2.22. The van der Waals surface area contributed by atoms with Crippen LogP contribution in [0.5, 0.6) is 0 Å². The third kappa shape index (κ3) is 6.39. The van der Waals surface area contributed by atoms with Crippen molar-refractivity contribution in [1.29, 1.82) is 0 Å². The summed E-state index contributed by atoms with van der Waals surface area (Å²) < 4.78 is 0. The molecule has 1 rings (SSSR count). The van der Waals surface area contributed by atoms with Gasteiger partial charge in [0, 0.05) is 31.6 Å². The zero-order valence-electron chi connectivity index (χ0n) is 13.0. The largest absolute Gasteiger partial charge is 0.354 e. The van der Waals surface area contributed by atoms with E-state index in [1.54, 1.807) is 0 Å². The van der Waals surface area contributed by atoms with E-state index >= 15 is 0 Å². The number of hydrogen-bond donors (Lipinski definition) is 2. The molecule has 4 heteroatoms. The lowest BCUT2D eigenvalue weighted by atomic mass is 9.93. The number of nitrogens with one attached hydrogen (secondary N) is 2. The average Bonchev–Trinajstić information content (AvgIpc) is 3.18. The summed E-state index contributed by atoms with van der Waals surface area (Å²) in [5.74, 6) is 0.825. The molecule has 19 heavy (non-hydrogen) atoms. The summed E-state index contributed by atoms with van der Waals surface area (Å²) in [6.45, 7) is 6.04. The van der Waals surface area contributed by atoms with Gasteiger partial charge in [-0.05, 0) is 32.9 Å². The van der Waals surface area contributed by atoms with Gasteiger partial charge in [0.25, 0.3) is 0 Å². The second kappa shape index (κ2) is 8.54. The fourth-order valence-corrected chi connectivity index (χ4v) is 2.59. The molecule has 1 unspecified atom stereocenters. The highest BCUT2D eigenvalue weighted by Crippen LogP contribution is 2.18. The average molecular weight is 269 g/mol. The van der Waals surface area contributed by atoms with Gasteiger partial charge in [-0.1, -0.05) is 26.7 Å². The number of amides is 1. The van der Waals surface area contributed by atoms with Gasteiger partial charge in [0.05, 0.1) is 0 Å². The van der Waals surface area contributed by atoms with Crippen LogP contribution in [-0.4, -0.2) is 50.1 Å². The van der Waals surface area contributed by atoms with Crippen molar-refractivity contribution in [3.8, 4) is 0 Å². The van der Waals surface area contributed by atoms with Crippen LogP contribution in [0.4, 0.5) is 0 Å². The lowest BCUT2D eigenvalue weighted by Crippen LogP contribution is -2.45. The minimum atomic E-state index is 0.172. The molecule has 112 valence electrons. The van der Waals surface area contributed by atoms with Gasteiger partial charge in [0.2, 0.25) is 5.91 Å². The summed E-state index contributed by atoms with van der Waals surface area (Å²) >= 11 is 0. The van der Waals surface area contributed by atoms with Crippen molar-refractivity contribution in [3.05, 3.63) is 0 Å². The molecule has 0 aromatic rings. The molecule has 0 aliphatic heterocycles. The normalized spacial score (nSPS) is 16.9. The van der Waals surface area contributed by atoms with Gasteiger partial charge in [-0.25, -0.2) is 0 Å². The minimum absolute atomic E-state index is 0.172. The van der Waals surface area contributed by atoms with Crippen molar-refractivity contribution in [1.82, 2.24) is 15.5 Å². The van der Waals surface area contributed by atoms with Crippen LogP contribution in [0.2, 0.25) is 0 Å². The van der Waals surface area contributed by atoms with Crippen LogP contribution in [-0.2, 0) is 4.79 Å². The molecule has 0 spiro atoms. The molecule has 0 aromatic heterocycles. The molecule has 0 aromatic carbocycles. The van der Waals surface area contributed by atoms with Crippen molar-refractivity contribution < 1.29 is 4.79 Å². The van der Waals surface area contributed by atoms with Crippen LogP contribution in [0.3, 0.4) is 0 Å². The summed E-state index contributed by atoms with van der Waals surface area (Å²) in [4.78, 5) is 14.0. The molecule has 1 aliphatic rings. The third-order valence-electron chi connectivity index (χ3n) is 4.13. The summed E-state index contributed by atoms with van der Waals surface area (Å²) in [5, 5.41) is 6.46. The van der Waals surface area contributed by atoms with E-state index in [1.807, 2.05) is 0 Å². The Bertz CT molecular complexity index is 260. The molecular weight excluding hydrogens is 238 g/mol. The Balaban J connectivity index is 2.23. The van der Waals surface area contributed by atoms with Crippen LogP contribution in [0, 0.1) is 5.92 Å². The van der Waals surface area contributed by atoms with Gasteiger partial charge in [0.1, 0.15) is 0 Å². The first kappa shape index (κ1) is 16.4. The molecule has 0 bridgehead atoms. The van der Waals surface area contributed by atoms with Crippen LogP contribution in [0.15, 0.2) is 0 Å². The van der Waals surface area contributed by atoms with Crippen molar-refractivity contribution in [2.24, 2.45) is 5.92 Å². The molecule has 1 amide bonds. The Labute approximate surface area is 118 Å². The van der Waals surface area contributed by atoms with Crippen molar-refractivity contribution >= 4 is 5.91 Å². The standard InChI is InChI=1S/C15H31N3O/c1-5-12(6-2)14(18(3)4)11-17-15(19)9-10-16-13-7-8-13/h12-14,16H,5-11H2,1-4H3,(H,17,19). The Kier molecular flexibility index (Phi) is 7.39. The SMILES string of the molecule is CCC(CC)C(CNC(=O)CCNC1CC1)N(C)C. The van der Waals surface area contributed by atoms with E-state index < -0.39 is 0 Å². The molecular formula is C15H31N3O. The highest BCUT2D eigenvalue weighted by atomic mass is 16.1. The van der Waals surface area contributed by atoms with E-state index in [2.05, 4.69) is 43.5 Å². The van der Waals surface area contributed by atoms with Crippen LogP contribution >= 0.6 is 0 Å². The van der Waals surface area contributed by atoms with Crippen molar-refractivity contribution in [3.63, 3.8) is 0 Å². The van der Waals surface area contributed by atoms with E-state index in [0.29, 0.717) is 24.4 Å². The van der Waals surface area contributed by atoms with E-state index in [1.165, 1.54) is 25.7 Å². The van der Waals surface area contributed by atoms with Gasteiger partial charge >= 0.3 is 0 Å². The molecule has 0 radical (unpaired) electrons.